The van der Waals surface area contributed by atoms with E-state index in [0.29, 0.717) is 12.1 Å². The predicted molar refractivity (Wildman–Crippen MR) is 142 cm³/mol. The Kier molecular flexibility index (Phi) is 9.80. The fraction of sp³-hybridized carbons (Fsp3) is 0.429. The zero-order valence-corrected chi connectivity index (χ0v) is 22.4. The number of nitrogens with one attached hydrogen (secondary N) is 1. The first kappa shape index (κ1) is 29.1. The number of hydrogen-bond acceptors (Lipinski definition) is 7. The smallest absolute Gasteiger partial charge is 0.305 e. The van der Waals surface area contributed by atoms with Crippen LogP contribution >= 0.6 is 0 Å². The van der Waals surface area contributed by atoms with Gasteiger partial charge in [-0.15, -0.1) is 0 Å². The molecule has 2 aliphatic rings. The quantitative estimate of drug-likeness (QED) is 0.373. The van der Waals surface area contributed by atoms with E-state index in [-0.39, 0.29) is 63.4 Å². The topological polar surface area (TPSA) is 123 Å². The number of benzene rings is 2. The Morgan fingerprint density at radius 3 is 2.55 bits per heavy atom. The maximum Gasteiger partial charge on any atom is 0.305 e. The van der Waals surface area contributed by atoms with Gasteiger partial charge in [0, 0.05) is 33.1 Å². The predicted octanol–water partition coefficient (Wildman–Crippen LogP) is 1.05. The molecule has 0 aromatic heterocycles. The summed E-state index contributed by atoms with van der Waals surface area (Å²) in [5.41, 5.74) is 1.62. The van der Waals surface area contributed by atoms with Crippen LogP contribution in [-0.4, -0.2) is 101 Å². The number of rotatable bonds is 12. The first-order valence-corrected chi connectivity index (χ1v) is 13.1. The van der Waals surface area contributed by atoms with Gasteiger partial charge in [0.1, 0.15) is 18.0 Å². The third-order valence-corrected chi connectivity index (χ3v) is 7.00. The molecule has 4 rings (SSSR count). The molecule has 2 saturated heterocycles. The highest BCUT2D eigenvalue weighted by atomic mass is 19.1. The second kappa shape index (κ2) is 13.5. The van der Waals surface area contributed by atoms with E-state index in [0.717, 1.165) is 5.56 Å². The van der Waals surface area contributed by atoms with Crippen molar-refractivity contribution < 1.29 is 33.4 Å². The maximum atomic E-state index is 13.4. The zero-order valence-electron chi connectivity index (χ0n) is 22.4. The first-order valence-electron chi connectivity index (χ1n) is 13.1. The van der Waals surface area contributed by atoms with Gasteiger partial charge < -0.3 is 25.0 Å². The molecule has 40 heavy (non-hydrogen) atoms. The van der Waals surface area contributed by atoms with Crippen molar-refractivity contribution in [3.8, 4) is 0 Å². The number of carboxylic acids is 1. The molecule has 214 valence electrons. The Hall–Kier alpha value is -3.87. The molecule has 3 amide bonds. The Morgan fingerprint density at radius 2 is 1.82 bits per heavy atom. The molecular formula is C28H34FN5O6. The highest BCUT2D eigenvalue weighted by Gasteiger charge is 2.49. The summed E-state index contributed by atoms with van der Waals surface area (Å²) < 4.78 is 19.1. The Bertz CT molecular complexity index is 1210. The van der Waals surface area contributed by atoms with E-state index < -0.39 is 30.5 Å². The van der Waals surface area contributed by atoms with Gasteiger partial charge in [0.25, 0.3) is 0 Å². The van der Waals surface area contributed by atoms with Gasteiger partial charge in [-0.3, -0.25) is 19.2 Å². The van der Waals surface area contributed by atoms with E-state index in [4.69, 9.17) is 4.74 Å². The van der Waals surface area contributed by atoms with Crippen molar-refractivity contribution in [2.24, 2.45) is 0 Å². The second-order valence-corrected chi connectivity index (χ2v) is 9.85. The average molecular weight is 556 g/mol. The molecule has 0 saturated carbocycles. The molecule has 0 unspecified atom stereocenters. The number of nitrogens with zero attached hydrogens (tertiary/aromatic N) is 4. The van der Waals surface area contributed by atoms with Crippen LogP contribution in [0.1, 0.15) is 24.0 Å². The number of fused-ring (bicyclic) bond motifs is 1. The fourth-order valence-corrected chi connectivity index (χ4v) is 5.05. The van der Waals surface area contributed by atoms with Crippen LogP contribution < -0.4 is 5.32 Å². The van der Waals surface area contributed by atoms with E-state index >= 15 is 0 Å². The maximum absolute atomic E-state index is 13.4. The van der Waals surface area contributed by atoms with E-state index in [1.807, 2.05) is 35.3 Å². The van der Waals surface area contributed by atoms with Gasteiger partial charge in [-0.25, -0.2) is 14.4 Å². The Balaban J connectivity index is 1.41. The number of ether oxygens (including phenoxy) is 1. The fourth-order valence-electron chi connectivity index (χ4n) is 5.05. The minimum Gasteiger partial charge on any atom is -0.481 e. The van der Waals surface area contributed by atoms with Crippen LogP contribution in [0.2, 0.25) is 0 Å². The van der Waals surface area contributed by atoms with Gasteiger partial charge in [0.15, 0.2) is 0 Å². The molecule has 0 aliphatic carbocycles. The minimum absolute atomic E-state index is 0.0394. The van der Waals surface area contributed by atoms with Crippen molar-refractivity contribution in [3.63, 3.8) is 0 Å². The molecule has 2 fully saturated rings. The lowest BCUT2D eigenvalue weighted by molar-refractivity contribution is -0.200. The normalized spacial score (nSPS) is 19.9. The van der Waals surface area contributed by atoms with Crippen LogP contribution in [0.25, 0.3) is 0 Å². The molecule has 12 heteroatoms. The van der Waals surface area contributed by atoms with E-state index in [9.17, 15) is 28.7 Å². The van der Waals surface area contributed by atoms with Gasteiger partial charge in [-0.2, -0.15) is 0 Å². The lowest BCUT2D eigenvalue weighted by atomic mass is 10.0. The van der Waals surface area contributed by atoms with Gasteiger partial charge in [-0.1, -0.05) is 42.5 Å². The third kappa shape index (κ3) is 7.40. The van der Waals surface area contributed by atoms with Crippen molar-refractivity contribution in [2.75, 3.05) is 39.8 Å². The SMILES string of the molecule is CN1CC(=O)N2[C@@H](CC(=O)O)C(=O)N(CCOCc3cccc(F)c3)C[C@@H]2N1CCC(=O)NCc1ccccc1. The van der Waals surface area contributed by atoms with E-state index in [2.05, 4.69) is 5.32 Å². The molecule has 0 spiro atoms. The number of aliphatic carboxylic acids is 1. The summed E-state index contributed by atoms with van der Waals surface area (Å²) in [5, 5.41) is 16.0. The number of amides is 3. The summed E-state index contributed by atoms with van der Waals surface area (Å²) in [6.07, 6.45) is -1.03. The number of likely N-dealkylation sites (N-methyl/N-ethyl adjacent to an activating group) is 1. The number of carbonyl (C=O) groups is 4. The van der Waals surface area contributed by atoms with Crippen molar-refractivity contribution in [1.29, 1.82) is 0 Å². The van der Waals surface area contributed by atoms with Crippen LogP contribution in [0.4, 0.5) is 4.39 Å². The highest BCUT2D eigenvalue weighted by Crippen LogP contribution is 2.27. The molecule has 2 aliphatic heterocycles. The summed E-state index contributed by atoms with van der Waals surface area (Å²) >= 11 is 0. The standard InChI is InChI=1S/C28H34FN5O6/c1-31-18-26(36)34-23(15-27(37)38)28(39)32(12-13-40-19-21-8-5-9-22(29)14-21)17-25(34)33(31)11-10-24(35)30-16-20-6-3-2-4-7-20/h2-9,14,23,25H,10-13,15-19H2,1H3,(H,30,35)(H,37,38)/t23-,25+/m0/s1. The molecule has 2 N–H and O–H groups in total. The van der Waals surface area contributed by atoms with Gasteiger partial charge in [-0.05, 0) is 23.3 Å². The van der Waals surface area contributed by atoms with Crippen LogP contribution in [0.15, 0.2) is 54.6 Å². The monoisotopic (exact) mass is 555 g/mol. The number of hydrazine groups is 1. The zero-order chi connectivity index (χ0) is 28.6. The number of hydrogen-bond donors (Lipinski definition) is 2. The largest absolute Gasteiger partial charge is 0.481 e. The lowest BCUT2D eigenvalue weighted by Crippen LogP contribution is -2.74. The molecule has 2 aromatic rings. The Labute approximate surface area is 232 Å². The summed E-state index contributed by atoms with van der Waals surface area (Å²) in [4.78, 5) is 53.5. The molecule has 0 bridgehead atoms. The highest BCUT2D eigenvalue weighted by molar-refractivity contribution is 5.92. The Morgan fingerprint density at radius 1 is 1.07 bits per heavy atom. The molecule has 2 aromatic carbocycles. The summed E-state index contributed by atoms with van der Waals surface area (Å²) in [7, 11) is 1.73. The van der Waals surface area contributed by atoms with Crippen LogP contribution in [0.3, 0.4) is 0 Å². The first-order chi connectivity index (χ1) is 19.2. The van der Waals surface area contributed by atoms with E-state index in [1.54, 1.807) is 24.2 Å². The number of carbonyl (C=O) groups excluding carboxylic acids is 3. The van der Waals surface area contributed by atoms with Gasteiger partial charge in [0.2, 0.25) is 17.7 Å². The van der Waals surface area contributed by atoms with Crippen molar-refractivity contribution in [3.05, 3.63) is 71.5 Å². The second-order valence-electron chi connectivity index (χ2n) is 9.85. The molecule has 0 radical (unpaired) electrons. The minimum atomic E-state index is -1.19. The summed E-state index contributed by atoms with van der Waals surface area (Å²) in [6.45, 7) is 1.20. The third-order valence-electron chi connectivity index (χ3n) is 7.00. The van der Waals surface area contributed by atoms with Gasteiger partial charge >= 0.3 is 5.97 Å². The van der Waals surface area contributed by atoms with Crippen LogP contribution in [0, 0.1) is 5.82 Å². The summed E-state index contributed by atoms with van der Waals surface area (Å²) in [6, 6.07) is 14.4. The molecule has 11 nitrogen and oxygen atoms in total. The van der Waals surface area contributed by atoms with Crippen LogP contribution in [-0.2, 0) is 37.1 Å². The van der Waals surface area contributed by atoms with Crippen molar-refractivity contribution in [1.82, 2.24) is 25.1 Å². The molecular weight excluding hydrogens is 521 g/mol. The lowest BCUT2D eigenvalue weighted by Gasteiger charge is -2.54. The van der Waals surface area contributed by atoms with Crippen LogP contribution in [0.5, 0.6) is 0 Å². The van der Waals surface area contributed by atoms with Gasteiger partial charge in [0.05, 0.1) is 32.7 Å². The molecule has 2 atom stereocenters. The average Bonchev–Trinajstić information content (AvgIpc) is 2.92. The van der Waals surface area contributed by atoms with E-state index in [1.165, 1.54) is 21.9 Å². The van der Waals surface area contributed by atoms with Crippen molar-refractivity contribution >= 4 is 23.7 Å². The number of piperazine rings is 1. The number of halogens is 1. The van der Waals surface area contributed by atoms with Crippen molar-refractivity contribution in [2.45, 2.75) is 38.2 Å². The number of carboxylic acid groups (broad SMARTS) is 1. The summed E-state index contributed by atoms with van der Waals surface area (Å²) in [5.74, 6) is -2.55. The molecule has 2 heterocycles.